The van der Waals surface area contributed by atoms with Crippen LogP contribution in [0.2, 0.25) is 0 Å². The third-order valence-electron chi connectivity index (χ3n) is 6.20. The van der Waals surface area contributed by atoms with Crippen molar-refractivity contribution < 1.29 is 32.2 Å². The molecule has 4 aromatic rings. The van der Waals surface area contributed by atoms with Crippen molar-refractivity contribution in [2.75, 3.05) is 19.1 Å². The van der Waals surface area contributed by atoms with Crippen LogP contribution in [0.25, 0.3) is 0 Å². The Morgan fingerprint density at radius 2 is 1.52 bits per heavy atom. The molecule has 1 aliphatic heterocycles. The third kappa shape index (κ3) is 8.85. The molecule has 0 unspecified atom stereocenters. The van der Waals surface area contributed by atoms with Crippen molar-refractivity contribution in [1.82, 2.24) is 9.62 Å². The van der Waals surface area contributed by atoms with Gasteiger partial charge in [0.25, 0.3) is 5.91 Å². The molecule has 0 radical (unpaired) electrons. The maximum atomic E-state index is 12.5. The van der Waals surface area contributed by atoms with Gasteiger partial charge in [0, 0.05) is 40.7 Å². The molecule has 1 amide bonds. The van der Waals surface area contributed by atoms with Gasteiger partial charge >= 0.3 is 6.36 Å². The molecule has 11 heteroatoms. The molecule has 6 nitrogen and oxygen atoms in total. The van der Waals surface area contributed by atoms with Gasteiger partial charge in [0.05, 0.1) is 0 Å². The number of carbonyl (C=O) groups is 1. The molecule has 1 N–H and O–H groups in total. The Kier molecular flexibility index (Phi) is 9.83. The average Bonchev–Trinajstić information content (AvgIpc) is 3.45. The number of benzene rings is 4. The van der Waals surface area contributed by atoms with Crippen LogP contribution in [0, 0.1) is 0 Å². The van der Waals surface area contributed by atoms with Crippen LogP contribution in [0.15, 0.2) is 107 Å². The molecule has 218 valence electrons. The third-order valence-corrected chi connectivity index (χ3v) is 7.99. The number of alkyl halides is 3. The van der Waals surface area contributed by atoms with Crippen molar-refractivity contribution in [3.63, 3.8) is 0 Å². The second-order valence-corrected chi connectivity index (χ2v) is 11.4. The highest BCUT2D eigenvalue weighted by atomic mass is 32.2. The van der Waals surface area contributed by atoms with Crippen LogP contribution < -0.4 is 18.9 Å². The summed E-state index contributed by atoms with van der Waals surface area (Å²) < 4.78 is 54.6. The molecule has 0 atom stereocenters. The van der Waals surface area contributed by atoms with Crippen LogP contribution in [-0.4, -0.2) is 36.3 Å². The van der Waals surface area contributed by atoms with E-state index >= 15 is 0 Å². The summed E-state index contributed by atoms with van der Waals surface area (Å²) in [6, 6.07) is 29.0. The van der Waals surface area contributed by atoms with E-state index in [1.54, 1.807) is 0 Å². The Hall–Kier alpha value is -3.80. The summed E-state index contributed by atoms with van der Waals surface area (Å²) in [6.07, 6.45) is -4.78. The van der Waals surface area contributed by atoms with E-state index in [1.165, 1.54) is 17.0 Å². The van der Waals surface area contributed by atoms with Crippen LogP contribution in [-0.2, 0) is 13.1 Å². The summed E-state index contributed by atoms with van der Waals surface area (Å²) >= 11 is 2.95. The summed E-state index contributed by atoms with van der Waals surface area (Å²) in [5, 5.41) is 0. The molecular formula is C31H27F3N2O4S2. The van der Waals surface area contributed by atoms with Crippen LogP contribution in [0.4, 0.5) is 13.2 Å². The molecule has 0 fully saturated rings. The van der Waals surface area contributed by atoms with Crippen LogP contribution >= 0.6 is 23.7 Å². The van der Waals surface area contributed by atoms with Crippen molar-refractivity contribution in [2.24, 2.45) is 0 Å². The predicted octanol–water partition coefficient (Wildman–Crippen LogP) is 7.55. The standard InChI is InChI=1S/C31H27F3N2O4S2/c32-31(33,34)40-25-11-9-24(10-12-25)30(37)35-42-27-13-6-22(7-14-27)19-36(16-17-41-26-4-2-1-3-5-26)20-23-8-15-28-29(18-23)39-21-38-28/h1-15,18H,16-17,19-21H2,(H,35,37). The molecule has 42 heavy (non-hydrogen) atoms. The summed E-state index contributed by atoms with van der Waals surface area (Å²) in [6.45, 7) is 2.58. The monoisotopic (exact) mass is 612 g/mol. The number of amides is 1. The zero-order valence-electron chi connectivity index (χ0n) is 22.3. The molecular weight excluding hydrogens is 585 g/mol. The smallest absolute Gasteiger partial charge is 0.454 e. The van der Waals surface area contributed by atoms with E-state index < -0.39 is 12.3 Å². The first-order valence-corrected chi connectivity index (χ1v) is 14.8. The maximum Gasteiger partial charge on any atom is 0.573 e. The number of thioether (sulfide) groups is 1. The SMILES string of the molecule is O=C(NSc1ccc(CN(CCSc2ccccc2)Cc2ccc3c(c2)OCO3)cc1)c1ccc(OC(F)(F)F)cc1. The van der Waals surface area contributed by atoms with Crippen LogP contribution in [0.5, 0.6) is 17.2 Å². The van der Waals surface area contributed by atoms with Gasteiger partial charge in [-0.15, -0.1) is 24.9 Å². The molecule has 0 aromatic heterocycles. The van der Waals surface area contributed by atoms with Crippen molar-refractivity contribution in [1.29, 1.82) is 0 Å². The van der Waals surface area contributed by atoms with Gasteiger partial charge in [-0.05, 0) is 83.7 Å². The molecule has 0 saturated carbocycles. The predicted molar refractivity (Wildman–Crippen MR) is 157 cm³/mol. The number of carbonyl (C=O) groups excluding carboxylic acids is 1. The highest BCUT2D eigenvalue weighted by molar-refractivity contribution is 7.99. The van der Waals surface area contributed by atoms with Gasteiger partial charge in [-0.1, -0.05) is 36.4 Å². The Labute approximate surface area is 250 Å². The second-order valence-electron chi connectivity index (χ2n) is 9.31. The number of nitrogens with one attached hydrogen (secondary N) is 1. The quantitative estimate of drug-likeness (QED) is 0.131. The Bertz CT molecular complexity index is 1470. The summed E-state index contributed by atoms with van der Waals surface area (Å²) in [5.41, 5.74) is 2.48. The van der Waals surface area contributed by atoms with E-state index in [2.05, 4.69) is 32.6 Å². The minimum atomic E-state index is -4.78. The van der Waals surface area contributed by atoms with Gasteiger partial charge in [-0.3, -0.25) is 14.4 Å². The summed E-state index contributed by atoms with van der Waals surface area (Å²) in [5.74, 6) is 1.65. The number of hydrogen-bond donors (Lipinski definition) is 1. The number of ether oxygens (including phenoxy) is 3. The lowest BCUT2D eigenvalue weighted by atomic mass is 10.1. The van der Waals surface area contributed by atoms with Gasteiger partial charge in [-0.2, -0.15) is 0 Å². The van der Waals surface area contributed by atoms with Crippen molar-refractivity contribution in [3.05, 3.63) is 114 Å². The van der Waals surface area contributed by atoms with Crippen LogP contribution in [0.3, 0.4) is 0 Å². The molecule has 4 aromatic carbocycles. The minimum Gasteiger partial charge on any atom is -0.454 e. The topological polar surface area (TPSA) is 60.0 Å². The first-order chi connectivity index (χ1) is 20.3. The average molecular weight is 613 g/mol. The molecule has 0 spiro atoms. The summed E-state index contributed by atoms with van der Waals surface area (Å²) in [7, 11) is 0. The molecule has 1 heterocycles. The largest absolute Gasteiger partial charge is 0.573 e. The minimum absolute atomic E-state index is 0.223. The van der Waals surface area contributed by atoms with Gasteiger partial charge in [0.2, 0.25) is 6.79 Å². The molecule has 0 aliphatic carbocycles. The number of rotatable bonds is 12. The highest BCUT2D eigenvalue weighted by Gasteiger charge is 2.31. The number of nitrogens with zero attached hydrogens (tertiary/aromatic N) is 1. The van der Waals surface area contributed by atoms with E-state index in [9.17, 15) is 18.0 Å². The zero-order valence-corrected chi connectivity index (χ0v) is 23.9. The second kappa shape index (κ2) is 13.9. The van der Waals surface area contributed by atoms with E-state index in [1.807, 2.05) is 66.4 Å². The lowest BCUT2D eigenvalue weighted by molar-refractivity contribution is -0.274. The van der Waals surface area contributed by atoms with E-state index in [0.29, 0.717) is 0 Å². The number of fused-ring (bicyclic) bond motifs is 1. The Balaban J connectivity index is 1.17. The van der Waals surface area contributed by atoms with E-state index in [0.717, 1.165) is 77.0 Å². The first-order valence-electron chi connectivity index (χ1n) is 13.0. The molecule has 5 rings (SSSR count). The fourth-order valence-corrected chi connectivity index (χ4v) is 5.75. The number of halogens is 3. The van der Waals surface area contributed by atoms with E-state index in [4.69, 9.17) is 9.47 Å². The summed E-state index contributed by atoms with van der Waals surface area (Å²) in [4.78, 5) is 16.9. The van der Waals surface area contributed by atoms with Gasteiger partial charge in [0.1, 0.15) is 5.75 Å². The fourth-order valence-electron chi connectivity index (χ4n) is 4.21. The van der Waals surface area contributed by atoms with Gasteiger partial charge in [-0.25, -0.2) is 0 Å². The van der Waals surface area contributed by atoms with Gasteiger partial charge in [0.15, 0.2) is 11.5 Å². The highest BCUT2D eigenvalue weighted by Crippen LogP contribution is 2.33. The fraction of sp³-hybridized carbons (Fsp3) is 0.194. The lowest BCUT2D eigenvalue weighted by Crippen LogP contribution is -2.25. The normalized spacial score (nSPS) is 12.4. The molecule has 1 aliphatic rings. The van der Waals surface area contributed by atoms with Crippen molar-refractivity contribution >= 4 is 29.6 Å². The zero-order chi connectivity index (χ0) is 29.4. The van der Waals surface area contributed by atoms with Crippen molar-refractivity contribution in [3.8, 4) is 17.2 Å². The maximum absolute atomic E-state index is 12.5. The Morgan fingerprint density at radius 3 is 2.26 bits per heavy atom. The van der Waals surface area contributed by atoms with Gasteiger partial charge < -0.3 is 14.2 Å². The lowest BCUT2D eigenvalue weighted by Gasteiger charge is -2.23. The molecule has 0 bridgehead atoms. The number of hydrogen-bond acceptors (Lipinski definition) is 7. The van der Waals surface area contributed by atoms with E-state index in [-0.39, 0.29) is 18.1 Å². The Morgan fingerprint density at radius 1 is 0.833 bits per heavy atom. The molecule has 0 saturated heterocycles. The first kappa shape index (κ1) is 29.7. The van der Waals surface area contributed by atoms with Crippen LogP contribution in [0.1, 0.15) is 21.5 Å². The van der Waals surface area contributed by atoms with Crippen molar-refractivity contribution in [2.45, 2.75) is 29.2 Å².